The third-order valence-electron chi connectivity index (χ3n) is 5.50. The van der Waals surface area contributed by atoms with Gasteiger partial charge in [-0.1, -0.05) is 88.9 Å². The van der Waals surface area contributed by atoms with Crippen molar-refractivity contribution in [3.05, 3.63) is 104 Å². The fourth-order valence-electron chi connectivity index (χ4n) is 3.79. The van der Waals surface area contributed by atoms with Crippen molar-refractivity contribution in [3.8, 4) is 0 Å². The maximum atomic E-state index is 13.8. The minimum Gasteiger partial charge on any atom is -0.350 e. The molecule has 0 heterocycles. The third-order valence-corrected chi connectivity index (χ3v) is 6.95. The fraction of sp³-hybridized carbons (Fsp3) is 0.286. The Morgan fingerprint density at radius 3 is 2.03 bits per heavy atom. The Morgan fingerprint density at radius 2 is 1.44 bits per heavy atom. The number of nitrogens with zero attached hydrogens (tertiary/aromatic N) is 1. The monoisotopic (exact) mass is 564 g/mol. The number of nitrogens with one attached hydrogen (secondary N) is 1. The van der Waals surface area contributed by atoms with E-state index in [4.69, 9.17) is 46.4 Å². The van der Waals surface area contributed by atoms with Gasteiger partial charge in [0.05, 0.1) is 16.5 Å². The first-order valence-corrected chi connectivity index (χ1v) is 13.0. The van der Waals surface area contributed by atoms with Crippen LogP contribution in [0.25, 0.3) is 0 Å². The molecule has 1 atom stereocenters. The lowest BCUT2D eigenvalue weighted by atomic mass is 9.99. The molecule has 3 aromatic carbocycles. The topological polar surface area (TPSA) is 49.4 Å². The molecule has 0 aliphatic rings. The summed E-state index contributed by atoms with van der Waals surface area (Å²) in [4.78, 5) is 29.0. The molecule has 0 saturated carbocycles. The van der Waals surface area contributed by atoms with E-state index in [9.17, 15) is 9.59 Å². The number of hydrogen-bond donors (Lipinski definition) is 1. The second-order valence-electron chi connectivity index (χ2n) is 9.59. The summed E-state index contributed by atoms with van der Waals surface area (Å²) in [5.74, 6) is -0.536. The third kappa shape index (κ3) is 7.88. The van der Waals surface area contributed by atoms with Gasteiger partial charge < -0.3 is 10.2 Å². The van der Waals surface area contributed by atoms with Crippen LogP contribution in [0.2, 0.25) is 20.1 Å². The van der Waals surface area contributed by atoms with Crippen molar-refractivity contribution in [3.63, 3.8) is 0 Å². The highest BCUT2D eigenvalue weighted by Gasteiger charge is 2.33. The van der Waals surface area contributed by atoms with E-state index in [1.807, 2.05) is 51.1 Å². The standard InChI is InChI=1S/C28H28Cl4N2O2/c1-28(2,3)33-27(36)25(15-18-8-5-4-6-9-18)34(17-20-21(29)10-7-11-22(20)30)26(35)16-19-12-13-23(31)24(32)14-19/h4-14,25H,15-17H2,1-3H3,(H,33,36)/t25-/m0/s1. The maximum absolute atomic E-state index is 13.8. The van der Waals surface area contributed by atoms with E-state index in [1.54, 1.807) is 41.3 Å². The second-order valence-corrected chi connectivity index (χ2v) is 11.2. The number of carbonyl (C=O) groups is 2. The van der Waals surface area contributed by atoms with Gasteiger partial charge in [0.1, 0.15) is 6.04 Å². The van der Waals surface area contributed by atoms with E-state index in [-0.39, 0.29) is 24.8 Å². The molecule has 8 heteroatoms. The highest BCUT2D eigenvalue weighted by molar-refractivity contribution is 6.42. The number of rotatable bonds is 8. The molecule has 0 aromatic heterocycles. The summed E-state index contributed by atoms with van der Waals surface area (Å²) < 4.78 is 0. The molecule has 0 fully saturated rings. The van der Waals surface area contributed by atoms with Gasteiger partial charge in [-0.2, -0.15) is 0 Å². The Kier molecular flexibility index (Phi) is 9.71. The van der Waals surface area contributed by atoms with Gasteiger partial charge in [-0.05, 0) is 56.2 Å². The van der Waals surface area contributed by atoms with Crippen LogP contribution in [0.4, 0.5) is 0 Å². The normalized spacial score (nSPS) is 12.2. The molecule has 0 spiro atoms. The van der Waals surface area contributed by atoms with E-state index in [0.717, 1.165) is 5.56 Å². The molecule has 0 radical (unpaired) electrons. The summed E-state index contributed by atoms with van der Waals surface area (Å²) >= 11 is 25.2. The molecular weight excluding hydrogens is 538 g/mol. The molecule has 3 aromatic rings. The Balaban J connectivity index is 2.05. The molecule has 2 amide bonds. The highest BCUT2D eigenvalue weighted by Crippen LogP contribution is 2.28. The number of hydrogen-bond acceptors (Lipinski definition) is 2. The molecule has 36 heavy (non-hydrogen) atoms. The lowest BCUT2D eigenvalue weighted by molar-refractivity contribution is -0.141. The molecule has 0 unspecified atom stereocenters. The SMILES string of the molecule is CC(C)(C)NC(=O)[C@H](Cc1ccccc1)N(Cc1c(Cl)cccc1Cl)C(=O)Cc1ccc(Cl)c(Cl)c1. The van der Waals surface area contributed by atoms with Crippen LogP contribution in [0, 0.1) is 0 Å². The Morgan fingerprint density at radius 1 is 0.806 bits per heavy atom. The van der Waals surface area contributed by atoms with Crippen molar-refractivity contribution in [2.75, 3.05) is 0 Å². The predicted octanol–water partition coefficient (Wildman–Crippen LogP) is 7.40. The average Bonchev–Trinajstić information content (AvgIpc) is 2.79. The van der Waals surface area contributed by atoms with Crippen LogP contribution >= 0.6 is 46.4 Å². The molecule has 0 aliphatic heterocycles. The van der Waals surface area contributed by atoms with Gasteiger partial charge in [-0.25, -0.2) is 0 Å². The molecule has 0 saturated heterocycles. The Bertz CT molecular complexity index is 1210. The zero-order valence-electron chi connectivity index (χ0n) is 20.3. The van der Waals surface area contributed by atoms with E-state index < -0.39 is 11.6 Å². The zero-order chi connectivity index (χ0) is 26.5. The van der Waals surface area contributed by atoms with E-state index in [2.05, 4.69) is 5.32 Å². The van der Waals surface area contributed by atoms with Crippen LogP contribution < -0.4 is 5.32 Å². The summed E-state index contributed by atoms with van der Waals surface area (Å²) in [7, 11) is 0. The van der Waals surface area contributed by atoms with Crippen molar-refractivity contribution in [1.82, 2.24) is 10.2 Å². The van der Waals surface area contributed by atoms with Crippen molar-refractivity contribution < 1.29 is 9.59 Å². The van der Waals surface area contributed by atoms with Crippen LogP contribution in [-0.4, -0.2) is 28.3 Å². The first-order valence-electron chi connectivity index (χ1n) is 11.5. The van der Waals surface area contributed by atoms with Crippen LogP contribution in [0.3, 0.4) is 0 Å². The Labute approximate surface area is 232 Å². The van der Waals surface area contributed by atoms with E-state index >= 15 is 0 Å². The van der Waals surface area contributed by atoms with Crippen LogP contribution in [-0.2, 0) is 29.0 Å². The van der Waals surface area contributed by atoms with E-state index in [1.165, 1.54) is 0 Å². The summed E-state index contributed by atoms with van der Waals surface area (Å²) in [5, 5.41) is 4.63. The largest absolute Gasteiger partial charge is 0.350 e. The maximum Gasteiger partial charge on any atom is 0.243 e. The molecule has 0 aliphatic carbocycles. The summed E-state index contributed by atoms with van der Waals surface area (Å²) in [6.45, 7) is 5.76. The van der Waals surface area contributed by atoms with Gasteiger partial charge in [0.15, 0.2) is 0 Å². The highest BCUT2D eigenvalue weighted by atomic mass is 35.5. The zero-order valence-corrected chi connectivity index (χ0v) is 23.3. The van der Waals surface area contributed by atoms with E-state index in [0.29, 0.717) is 37.6 Å². The van der Waals surface area contributed by atoms with Gasteiger partial charge in [0.2, 0.25) is 11.8 Å². The summed E-state index contributed by atoms with van der Waals surface area (Å²) in [6.07, 6.45) is 0.338. The average molecular weight is 566 g/mol. The predicted molar refractivity (Wildman–Crippen MR) is 149 cm³/mol. The second kappa shape index (κ2) is 12.3. The number of benzene rings is 3. The summed E-state index contributed by atoms with van der Waals surface area (Å²) in [6, 6.07) is 19.0. The van der Waals surface area contributed by atoms with Gasteiger partial charge in [-0.3, -0.25) is 9.59 Å². The first kappa shape index (κ1) is 28.3. The number of amides is 2. The number of halogens is 4. The van der Waals surface area contributed by atoms with Crippen molar-refractivity contribution in [1.29, 1.82) is 0 Å². The lowest BCUT2D eigenvalue weighted by Gasteiger charge is -2.34. The molecule has 0 bridgehead atoms. The van der Waals surface area contributed by atoms with Gasteiger partial charge >= 0.3 is 0 Å². The van der Waals surface area contributed by atoms with Gasteiger partial charge in [0, 0.05) is 34.1 Å². The molecule has 190 valence electrons. The molecular formula is C28H28Cl4N2O2. The van der Waals surface area contributed by atoms with Crippen LogP contribution in [0.5, 0.6) is 0 Å². The van der Waals surface area contributed by atoms with Crippen molar-refractivity contribution in [2.45, 2.75) is 51.7 Å². The van der Waals surface area contributed by atoms with Gasteiger partial charge in [-0.15, -0.1) is 0 Å². The first-order chi connectivity index (χ1) is 16.9. The van der Waals surface area contributed by atoms with Crippen molar-refractivity contribution in [2.24, 2.45) is 0 Å². The lowest BCUT2D eigenvalue weighted by Crippen LogP contribution is -2.54. The van der Waals surface area contributed by atoms with Crippen molar-refractivity contribution >= 4 is 58.2 Å². The van der Waals surface area contributed by atoms with Crippen LogP contribution in [0.15, 0.2) is 66.7 Å². The molecule has 1 N–H and O–H groups in total. The fourth-order valence-corrected chi connectivity index (χ4v) is 4.62. The smallest absolute Gasteiger partial charge is 0.243 e. The molecule has 3 rings (SSSR count). The van der Waals surface area contributed by atoms with Gasteiger partial charge in [0.25, 0.3) is 0 Å². The minimum absolute atomic E-state index is 0.0209. The quantitative estimate of drug-likeness (QED) is 0.309. The Hall–Kier alpha value is -2.24. The van der Waals surface area contributed by atoms with Crippen LogP contribution in [0.1, 0.15) is 37.5 Å². The summed E-state index contributed by atoms with van der Waals surface area (Å²) in [5.41, 5.74) is 1.68. The number of carbonyl (C=O) groups excluding carboxylic acids is 2. The minimum atomic E-state index is -0.811. The molecule has 4 nitrogen and oxygen atoms in total.